The molecule has 0 bridgehead atoms. The minimum atomic E-state index is -3.61. The molecule has 1 aliphatic rings. The number of benzene rings is 1. The van der Waals surface area contributed by atoms with Gasteiger partial charge in [0.15, 0.2) is 0 Å². The van der Waals surface area contributed by atoms with E-state index in [1.165, 1.54) is 22.9 Å². The van der Waals surface area contributed by atoms with Crippen molar-refractivity contribution < 1.29 is 8.42 Å². The van der Waals surface area contributed by atoms with E-state index in [2.05, 4.69) is 0 Å². The zero-order valence-electron chi connectivity index (χ0n) is 11.1. The molecule has 112 valence electrons. The second kappa shape index (κ2) is 6.52. The van der Waals surface area contributed by atoms with E-state index in [0.717, 1.165) is 25.7 Å². The van der Waals surface area contributed by atoms with Crippen LogP contribution in [0.3, 0.4) is 0 Å². The van der Waals surface area contributed by atoms with Gasteiger partial charge in [0.2, 0.25) is 10.0 Å². The van der Waals surface area contributed by atoms with Crippen molar-refractivity contribution in [1.29, 1.82) is 0 Å². The SMILES string of the molecule is Nc1c(Cl)ccc(S(=O)(=O)N2CCCCCCC2)c1Cl. The highest BCUT2D eigenvalue weighted by molar-refractivity contribution is 7.89. The lowest BCUT2D eigenvalue weighted by molar-refractivity contribution is 0.364. The summed E-state index contributed by atoms with van der Waals surface area (Å²) in [6.45, 7) is 1.06. The highest BCUT2D eigenvalue weighted by Crippen LogP contribution is 2.34. The van der Waals surface area contributed by atoms with E-state index < -0.39 is 10.0 Å². The summed E-state index contributed by atoms with van der Waals surface area (Å²) in [6.07, 6.45) is 5.04. The van der Waals surface area contributed by atoms with Gasteiger partial charge in [-0.1, -0.05) is 42.5 Å². The smallest absolute Gasteiger partial charge is 0.244 e. The fourth-order valence-corrected chi connectivity index (χ4v) is 4.60. The minimum absolute atomic E-state index is 0.0135. The van der Waals surface area contributed by atoms with Crippen LogP contribution in [0.5, 0.6) is 0 Å². The van der Waals surface area contributed by atoms with Gasteiger partial charge in [-0.25, -0.2) is 8.42 Å². The Hall–Kier alpha value is -0.490. The molecule has 0 saturated carbocycles. The van der Waals surface area contributed by atoms with Crippen LogP contribution in [0.15, 0.2) is 17.0 Å². The van der Waals surface area contributed by atoms with Crippen molar-refractivity contribution >= 4 is 38.9 Å². The summed E-state index contributed by atoms with van der Waals surface area (Å²) >= 11 is 11.9. The van der Waals surface area contributed by atoms with Crippen molar-refractivity contribution in [1.82, 2.24) is 4.31 Å². The number of halogens is 2. The summed E-state index contributed by atoms with van der Waals surface area (Å²) in [5, 5.41) is 0.279. The van der Waals surface area contributed by atoms with Crippen LogP contribution >= 0.6 is 23.2 Å². The van der Waals surface area contributed by atoms with Gasteiger partial charge in [0.25, 0.3) is 0 Å². The van der Waals surface area contributed by atoms with E-state index in [1.54, 1.807) is 0 Å². The molecule has 0 atom stereocenters. The van der Waals surface area contributed by atoms with Crippen LogP contribution in [0.1, 0.15) is 32.1 Å². The molecule has 2 N–H and O–H groups in total. The van der Waals surface area contributed by atoms with Gasteiger partial charge in [-0.3, -0.25) is 0 Å². The van der Waals surface area contributed by atoms with Gasteiger partial charge in [0, 0.05) is 13.1 Å². The number of nitrogens with zero attached hydrogens (tertiary/aromatic N) is 1. The van der Waals surface area contributed by atoms with Crippen LogP contribution in [0, 0.1) is 0 Å². The van der Waals surface area contributed by atoms with Crippen LogP contribution in [-0.4, -0.2) is 25.8 Å². The van der Waals surface area contributed by atoms with E-state index in [0.29, 0.717) is 13.1 Å². The van der Waals surface area contributed by atoms with Crippen molar-refractivity contribution in [3.05, 3.63) is 22.2 Å². The van der Waals surface area contributed by atoms with E-state index >= 15 is 0 Å². The summed E-state index contributed by atoms with van der Waals surface area (Å²) in [7, 11) is -3.61. The lowest BCUT2D eigenvalue weighted by atomic mass is 10.1. The van der Waals surface area contributed by atoms with Crippen molar-refractivity contribution in [2.24, 2.45) is 0 Å². The summed E-state index contributed by atoms with van der Waals surface area (Å²) in [6, 6.07) is 2.90. The Morgan fingerprint density at radius 2 is 1.55 bits per heavy atom. The quantitative estimate of drug-likeness (QED) is 0.840. The molecule has 0 unspecified atom stereocenters. The number of anilines is 1. The fraction of sp³-hybridized carbons (Fsp3) is 0.538. The lowest BCUT2D eigenvalue weighted by Gasteiger charge is -2.24. The van der Waals surface area contributed by atoms with Gasteiger partial charge in [-0.15, -0.1) is 0 Å². The first-order valence-corrected chi connectivity index (χ1v) is 8.88. The third-order valence-corrected chi connectivity index (χ3v) is 6.31. The van der Waals surface area contributed by atoms with Crippen LogP contribution in [0.25, 0.3) is 0 Å². The molecule has 2 rings (SSSR count). The first-order chi connectivity index (χ1) is 9.44. The van der Waals surface area contributed by atoms with Gasteiger partial charge >= 0.3 is 0 Å². The highest BCUT2D eigenvalue weighted by atomic mass is 35.5. The standard InChI is InChI=1S/C13H18Cl2N2O2S/c14-10-6-7-11(12(15)13(10)16)20(18,19)17-8-4-2-1-3-5-9-17/h6-7H,1-5,8-9,16H2. The Labute approximate surface area is 129 Å². The Morgan fingerprint density at radius 1 is 1.00 bits per heavy atom. The molecule has 0 radical (unpaired) electrons. The molecular formula is C13H18Cl2N2O2S. The minimum Gasteiger partial charge on any atom is -0.396 e. The first kappa shape index (κ1) is 15.9. The van der Waals surface area contributed by atoms with Crippen LogP contribution in [0.4, 0.5) is 5.69 Å². The molecular weight excluding hydrogens is 319 g/mol. The third-order valence-electron chi connectivity index (χ3n) is 3.52. The second-order valence-corrected chi connectivity index (χ2v) is 7.64. The van der Waals surface area contributed by atoms with Gasteiger partial charge in [0.1, 0.15) is 4.90 Å². The Kier molecular flexibility index (Phi) is 5.18. The van der Waals surface area contributed by atoms with Crippen LogP contribution in [-0.2, 0) is 10.0 Å². The topological polar surface area (TPSA) is 63.4 Å². The third kappa shape index (κ3) is 3.22. The molecule has 0 aromatic heterocycles. The molecule has 1 aromatic carbocycles. The first-order valence-electron chi connectivity index (χ1n) is 6.68. The van der Waals surface area contributed by atoms with E-state index in [9.17, 15) is 8.42 Å². The molecule has 4 nitrogen and oxygen atoms in total. The largest absolute Gasteiger partial charge is 0.396 e. The highest BCUT2D eigenvalue weighted by Gasteiger charge is 2.28. The molecule has 1 aliphatic heterocycles. The summed E-state index contributed by atoms with van der Waals surface area (Å²) in [4.78, 5) is 0.0432. The summed E-state index contributed by atoms with van der Waals surface area (Å²) in [5.74, 6) is 0. The van der Waals surface area contributed by atoms with Gasteiger partial charge in [-0.2, -0.15) is 4.31 Å². The maximum absolute atomic E-state index is 12.7. The maximum atomic E-state index is 12.7. The van der Waals surface area contributed by atoms with Gasteiger partial charge in [0.05, 0.1) is 15.7 Å². The number of nitrogens with two attached hydrogens (primary N) is 1. The molecule has 0 aliphatic carbocycles. The number of rotatable bonds is 2. The number of hydrogen-bond donors (Lipinski definition) is 1. The van der Waals surface area contributed by atoms with Crippen molar-refractivity contribution in [2.45, 2.75) is 37.0 Å². The fourth-order valence-electron chi connectivity index (χ4n) is 2.35. The van der Waals surface area contributed by atoms with Crippen LogP contribution < -0.4 is 5.73 Å². The molecule has 1 heterocycles. The number of nitrogen functional groups attached to an aromatic ring is 1. The monoisotopic (exact) mass is 336 g/mol. The zero-order valence-corrected chi connectivity index (χ0v) is 13.4. The van der Waals surface area contributed by atoms with Crippen molar-refractivity contribution in [3.8, 4) is 0 Å². The predicted molar refractivity (Wildman–Crippen MR) is 82.7 cm³/mol. The lowest BCUT2D eigenvalue weighted by Crippen LogP contribution is -2.34. The Bertz CT molecular complexity index is 582. The van der Waals surface area contributed by atoms with Crippen molar-refractivity contribution in [2.75, 3.05) is 18.8 Å². The second-order valence-electron chi connectivity index (χ2n) is 4.95. The predicted octanol–water partition coefficient (Wildman–Crippen LogP) is 3.53. The van der Waals surface area contributed by atoms with E-state index in [4.69, 9.17) is 28.9 Å². The van der Waals surface area contributed by atoms with E-state index in [-0.39, 0.29) is 20.6 Å². The maximum Gasteiger partial charge on any atom is 0.244 e. The average Bonchev–Trinajstić information content (AvgIpc) is 2.34. The molecule has 0 spiro atoms. The van der Waals surface area contributed by atoms with Gasteiger partial charge in [-0.05, 0) is 25.0 Å². The molecule has 20 heavy (non-hydrogen) atoms. The Morgan fingerprint density at radius 3 is 2.15 bits per heavy atom. The van der Waals surface area contributed by atoms with E-state index in [1.807, 2.05) is 0 Å². The van der Waals surface area contributed by atoms with Crippen molar-refractivity contribution in [3.63, 3.8) is 0 Å². The normalized spacial score (nSPS) is 18.5. The number of sulfonamides is 1. The molecule has 1 fully saturated rings. The molecule has 1 aromatic rings. The molecule has 7 heteroatoms. The average molecular weight is 337 g/mol. The zero-order chi connectivity index (χ0) is 14.8. The Balaban J connectivity index is 2.36. The molecule has 0 amide bonds. The molecule has 1 saturated heterocycles. The van der Waals surface area contributed by atoms with Crippen LogP contribution in [0.2, 0.25) is 10.0 Å². The van der Waals surface area contributed by atoms with Gasteiger partial charge < -0.3 is 5.73 Å². The summed E-state index contributed by atoms with van der Waals surface area (Å²) in [5.41, 5.74) is 5.83. The number of hydrogen-bond acceptors (Lipinski definition) is 3. The summed E-state index contributed by atoms with van der Waals surface area (Å²) < 4.78 is 26.9.